The Morgan fingerprint density at radius 2 is 1.61 bits per heavy atom. The van der Waals surface area contributed by atoms with Gasteiger partial charge >= 0.3 is 0 Å². The molecule has 0 radical (unpaired) electrons. The second kappa shape index (κ2) is 10.5. The van der Waals surface area contributed by atoms with Crippen LogP contribution in [0.5, 0.6) is 5.75 Å². The number of hydrogen-bond acceptors (Lipinski definition) is 7. The lowest BCUT2D eigenvalue weighted by atomic mass is 10.1. The molecule has 8 heteroatoms. The number of methoxy groups -OCH3 is 1. The van der Waals surface area contributed by atoms with Crippen molar-refractivity contribution in [2.75, 3.05) is 76.3 Å². The van der Waals surface area contributed by atoms with Gasteiger partial charge in [-0.3, -0.25) is 4.79 Å². The normalized spacial score (nSPS) is 16.8. The predicted octanol–water partition coefficient (Wildman–Crippen LogP) is 3.17. The average molecular weight is 487 g/mol. The Kier molecular flexibility index (Phi) is 7.04. The maximum absolute atomic E-state index is 13.6. The number of aryl methyl sites for hydroxylation is 1. The van der Waals surface area contributed by atoms with E-state index in [0.717, 1.165) is 80.7 Å². The predicted molar refractivity (Wildman–Crippen MR) is 143 cm³/mol. The van der Waals surface area contributed by atoms with Crippen molar-refractivity contribution in [1.82, 2.24) is 19.8 Å². The van der Waals surface area contributed by atoms with Crippen LogP contribution in [-0.2, 0) is 0 Å². The van der Waals surface area contributed by atoms with Crippen LogP contribution in [0.25, 0.3) is 11.4 Å². The van der Waals surface area contributed by atoms with Gasteiger partial charge in [0.2, 0.25) is 0 Å². The van der Waals surface area contributed by atoms with E-state index < -0.39 is 0 Å². The van der Waals surface area contributed by atoms with Gasteiger partial charge in [-0.05, 0) is 32.2 Å². The number of nitrogens with zero attached hydrogens (tertiary/aromatic N) is 6. The molecule has 36 heavy (non-hydrogen) atoms. The standard InChI is InChI=1S/C28H34N6O2/c1-21-7-6-8-22(19-21)26-29-20-23(28(35)34-13-11-31(2)12-14-34)27(30-26)33-17-15-32(16-18-33)24-9-4-5-10-25(24)36-3/h4-10,19-20H,11-18H2,1-3H3. The number of hydrogen-bond donors (Lipinski definition) is 0. The highest BCUT2D eigenvalue weighted by Gasteiger charge is 2.28. The lowest BCUT2D eigenvalue weighted by Crippen LogP contribution is -2.49. The Morgan fingerprint density at radius 3 is 2.33 bits per heavy atom. The Morgan fingerprint density at radius 1 is 0.889 bits per heavy atom. The largest absolute Gasteiger partial charge is 0.495 e. The molecular formula is C28H34N6O2. The summed E-state index contributed by atoms with van der Waals surface area (Å²) in [7, 11) is 3.80. The van der Waals surface area contributed by atoms with E-state index in [-0.39, 0.29) is 5.91 Å². The zero-order chi connectivity index (χ0) is 25.1. The van der Waals surface area contributed by atoms with Crippen molar-refractivity contribution in [3.8, 4) is 17.1 Å². The maximum Gasteiger partial charge on any atom is 0.259 e. The van der Waals surface area contributed by atoms with E-state index in [0.29, 0.717) is 11.4 Å². The zero-order valence-electron chi connectivity index (χ0n) is 21.4. The summed E-state index contributed by atoms with van der Waals surface area (Å²) in [5.41, 5.74) is 3.79. The van der Waals surface area contributed by atoms with Gasteiger partial charge in [0.05, 0.1) is 12.8 Å². The third-order valence-electron chi connectivity index (χ3n) is 7.07. The summed E-state index contributed by atoms with van der Waals surface area (Å²) in [6.07, 6.45) is 1.73. The van der Waals surface area contributed by atoms with Crippen LogP contribution in [0.4, 0.5) is 11.5 Å². The monoisotopic (exact) mass is 486 g/mol. The molecule has 0 bridgehead atoms. The molecule has 2 aliphatic heterocycles. The lowest BCUT2D eigenvalue weighted by Gasteiger charge is -2.38. The van der Waals surface area contributed by atoms with Crippen molar-refractivity contribution in [3.05, 3.63) is 65.9 Å². The summed E-state index contributed by atoms with van der Waals surface area (Å²) in [6.45, 7) is 8.38. The van der Waals surface area contributed by atoms with Crippen LogP contribution >= 0.6 is 0 Å². The van der Waals surface area contributed by atoms with E-state index in [9.17, 15) is 4.79 Å². The average Bonchev–Trinajstić information content (AvgIpc) is 2.93. The number of rotatable bonds is 5. The van der Waals surface area contributed by atoms with E-state index in [4.69, 9.17) is 9.72 Å². The number of likely N-dealkylation sites (N-methyl/N-ethyl adjacent to an activating group) is 1. The number of carbonyl (C=O) groups is 1. The molecule has 2 saturated heterocycles. The van der Waals surface area contributed by atoms with Crippen LogP contribution < -0.4 is 14.5 Å². The van der Waals surface area contributed by atoms with Crippen LogP contribution in [0.1, 0.15) is 15.9 Å². The fourth-order valence-electron chi connectivity index (χ4n) is 4.92. The third-order valence-corrected chi connectivity index (χ3v) is 7.07. The van der Waals surface area contributed by atoms with E-state index in [1.54, 1.807) is 13.3 Å². The van der Waals surface area contributed by atoms with Crippen molar-refractivity contribution in [3.63, 3.8) is 0 Å². The molecule has 188 valence electrons. The molecule has 5 rings (SSSR count). The van der Waals surface area contributed by atoms with Crippen LogP contribution in [0, 0.1) is 6.92 Å². The van der Waals surface area contributed by atoms with Crippen molar-refractivity contribution in [1.29, 1.82) is 0 Å². The molecule has 0 saturated carbocycles. The summed E-state index contributed by atoms with van der Waals surface area (Å²) in [6, 6.07) is 16.3. The molecule has 0 unspecified atom stereocenters. The second-order valence-corrected chi connectivity index (χ2v) is 9.54. The van der Waals surface area contributed by atoms with Crippen LogP contribution in [0.15, 0.2) is 54.7 Å². The highest BCUT2D eigenvalue weighted by Crippen LogP contribution is 2.30. The summed E-state index contributed by atoms with van der Waals surface area (Å²) in [4.78, 5) is 32.0. The van der Waals surface area contributed by atoms with E-state index in [1.807, 2.05) is 35.2 Å². The number of amides is 1. The summed E-state index contributed by atoms with van der Waals surface area (Å²) < 4.78 is 5.58. The van der Waals surface area contributed by atoms with Crippen molar-refractivity contribution >= 4 is 17.4 Å². The lowest BCUT2D eigenvalue weighted by molar-refractivity contribution is 0.0664. The number of ether oxygens (including phenoxy) is 1. The quantitative estimate of drug-likeness (QED) is 0.549. The maximum atomic E-state index is 13.6. The number of para-hydroxylation sites is 2. The van der Waals surface area contributed by atoms with Crippen molar-refractivity contribution in [2.45, 2.75) is 6.92 Å². The fraction of sp³-hybridized carbons (Fsp3) is 0.393. The first kappa shape index (κ1) is 24.1. The van der Waals surface area contributed by atoms with Crippen LogP contribution in [-0.4, -0.2) is 92.2 Å². The van der Waals surface area contributed by atoms with Gasteiger partial charge in [0.1, 0.15) is 17.1 Å². The van der Waals surface area contributed by atoms with Crippen molar-refractivity contribution in [2.24, 2.45) is 0 Å². The molecule has 8 nitrogen and oxygen atoms in total. The smallest absolute Gasteiger partial charge is 0.259 e. The van der Waals surface area contributed by atoms with Gasteiger partial charge in [0.15, 0.2) is 5.82 Å². The molecule has 1 aromatic heterocycles. The highest BCUT2D eigenvalue weighted by molar-refractivity contribution is 5.99. The minimum Gasteiger partial charge on any atom is -0.495 e. The van der Waals surface area contributed by atoms with E-state index in [2.05, 4.69) is 51.9 Å². The molecule has 0 N–H and O–H groups in total. The number of benzene rings is 2. The first-order valence-electron chi connectivity index (χ1n) is 12.6. The third kappa shape index (κ3) is 4.99. The van der Waals surface area contributed by atoms with Crippen LogP contribution in [0.2, 0.25) is 0 Å². The fourth-order valence-corrected chi connectivity index (χ4v) is 4.92. The summed E-state index contributed by atoms with van der Waals surface area (Å²) >= 11 is 0. The van der Waals surface area contributed by atoms with Crippen LogP contribution in [0.3, 0.4) is 0 Å². The number of piperazine rings is 2. The summed E-state index contributed by atoms with van der Waals surface area (Å²) in [5, 5.41) is 0. The Bertz CT molecular complexity index is 1220. The van der Waals surface area contributed by atoms with E-state index in [1.165, 1.54) is 0 Å². The van der Waals surface area contributed by atoms with E-state index >= 15 is 0 Å². The minimum absolute atomic E-state index is 0.0149. The first-order valence-corrected chi connectivity index (χ1v) is 12.6. The first-order chi connectivity index (χ1) is 17.5. The molecule has 0 spiro atoms. The molecule has 2 aromatic carbocycles. The molecule has 2 fully saturated rings. The second-order valence-electron chi connectivity index (χ2n) is 9.54. The number of carbonyl (C=O) groups excluding carboxylic acids is 1. The zero-order valence-corrected chi connectivity index (χ0v) is 21.4. The summed E-state index contributed by atoms with van der Waals surface area (Å²) in [5.74, 6) is 2.27. The van der Waals surface area contributed by atoms with Gasteiger partial charge in [-0.15, -0.1) is 0 Å². The molecule has 1 amide bonds. The Hall–Kier alpha value is -3.65. The van der Waals surface area contributed by atoms with Gasteiger partial charge in [0.25, 0.3) is 5.91 Å². The van der Waals surface area contributed by atoms with Gasteiger partial charge in [0, 0.05) is 64.1 Å². The number of anilines is 2. The highest BCUT2D eigenvalue weighted by atomic mass is 16.5. The van der Waals surface area contributed by atoms with Gasteiger partial charge < -0.3 is 24.3 Å². The molecule has 0 atom stereocenters. The molecule has 2 aliphatic rings. The van der Waals surface area contributed by atoms with Gasteiger partial charge in [-0.1, -0.05) is 35.9 Å². The minimum atomic E-state index is 0.0149. The molecule has 3 heterocycles. The Labute approximate surface area is 213 Å². The Balaban J connectivity index is 1.44. The van der Waals surface area contributed by atoms with Gasteiger partial charge in [-0.25, -0.2) is 9.97 Å². The SMILES string of the molecule is COc1ccccc1N1CCN(c2nc(-c3cccc(C)c3)ncc2C(=O)N2CCN(C)CC2)CC1. The molecular weight excluding hydrogens is 452 g/mol. The molecule has 0 aliphatic carbocycles. The van der Waals surface area contributed by atoms with Crippen molar-refractivity contribution < 1.29 is 9.53 Å². The van der Waals surface area contributed by atoms with Gasteiger partial charge in [-0.2, -0.15) is 0 Å². The topological polar surface area (TPSA) is 65.0 Å². The molecule has 3 aromatic rings. The number of aromatic nitrogens is 2.